The van der Waals surface area contributed by atoms with E-state index in [0.717, 1.165) is 43.3 Å². The lowest BCUT2D eigenvalue weighted by atomic mass is 9.74. The molecule has 1 saturated carbocycles. The number of thiophene rings is 1. The van der Waals surface area contributed by atoms with E-state index in [0.29, 0.717) is 6.54 Å². The average molecular weight is 290 g/mol. The van der Waals surface area contributed by atoms with Crippen LogP contribution in [0.4, 0.5) is 5.82 Å². The van der Waals surface area contributed by atoms with Crippen molar-refractivity contribution in [1.29, 1.82) is 0 Å². The number of nitrogens with zero attached hydrogens (tertiary/aromatic N) is 1. The Labute approximate surface area is 121 Å². The largest absolute Gasteiger partial charge is 0.481 e. The van der Waals surface area contributed by atoms with Crippen molar-refractivity contribution in [2.45, 2.75) is 32.1 Å². The molecule has 1 aliphatic rings. The standard InChI is InChI=1S/C15H18N2O2S/c18-14(19)15(6-2-1-3-7-15)10-17-13-11-5-9-20-12(11)4-8-16-13/h4-5,8-9H,1-3,6-7,10H2,(H,16,17)(H,18,19). The Morgan fingerprint density at radius 1 is 1.35 bits per heavy atom. The summed E-state index contributed by atoms with van der Waals surface area (Å²) in [6.07, 6.45) is 6.45. The molecule has 1 fully saturated rings. The van der Waals surface area contributed by atoms with Gasteiger partial charge in [0.15, 0.2) is 0 Å². The minimum Gasteiger partial charge on any atom is -0.481 e. The van der Waals surface area contributed by atoms with Gasteiger partial charge in [0.05, 0.1) is 5.41 Å². The van der Waals surface area contributed by atoms with Crippen LogP contribution in [0.25, 0.3) is 10.1 Å². The van der Waals surface area contributed by atoms with Crippen LogP contribution in [0, 0.1) is 5.41 Å². The third-order valence-corrected chi connectivity index (χ3v) is 5.12. The average Bonchev–Trinajstić information content (AvgIpc) is 2.95. The molecule has 20 heavy (non-hydrogen) atoms. The molecule has 0 atom stereocenters. The first-order chi connectivity index (χ1) is 9.71. The first kappa shape index (κ1) is 13.4. The fourth-order valence-electron chi connectivity index (χ4n) is 2.98. The molecule has 5 heteroatoms. The van der Waals surface area contributed by atoms with Crippen molar-refractivity contribution in [2.75, 3.05) is 11.9 Å². The zero-order valence-corrected chi connectivity index (χ0v) is 12.1. The molecule has 2 N–H and O–H groups in total. The third-order valence-electron chi connectivity index (χ3n) is 4.24. The number of aromatic nitrogens is 1. The number of hydrogen-bond donors (Lipinski definition) is 2. The number of rotatable bonds is 4. The Morgan fingerprint density at radius 2 is 2.15 bits per heavy atom. The van der Waals surface area contributed by atoms with E-state index in [-0.39, 0.29) is 0 Å². The SMILES string of the molecule is O=C(O)C1(CNc2nccc3sccc23)CCCCC1. The Balaban J connectivity index is 1.80. The first-order valence-electron chi connectivity index (χ1n) is 7.01. The molecule has 0 amide bonds. The second-order valence-corrected chi connectivity index (χ2v) is 6.44. The van der Waals surface area contributed by atoms with Crippen molar-refractivity contribution in [1.82, 2.24) is 4.98 Å². The highest BCUT2D eigenvalue weighted by molar-refractivity contribution is 7.17. The molecule has 0 unspecified atom stereocenters. The molecule has 0 aromatic carbocycles. The smallest absolute Gasteiger partial charge is 0.311 e. The summed E-state index contributed by atoms with van der Waals surface area (Å²) in [6.45, 7) is 0.463. The molecule has 0 radical (unpaired) electrons. The number of pyridine rings is 1. The summed E-state index contributed by atoms with van der Waals surface area (Å²) in [5.74, 6) is 0.122. The number of aliphatic carboxylic acids is 1. The lowest BCUT2D eigenvalue weighted by molar-refractivity contribution is -0.150. The highest BCUT2D eigenvalue weighted by Gasteiger charge is 2.39. The van der Waals surface area contributed by atoms with Gasteiger partial charge in [-0.25, -0.2) is 4.98 Å². The topological polar surface area (TPSA) is 62.2 Å². The van der Waals surface area contributed by atoms with Crippen molar-refractivity contribution in [3.63, 3.8) is 0 Å². The number of anilines is 1. The second-order valence-electron chi connectivity index (χ2n) is 5.49. The maximum absolute atomic E-state index is 11.7. The molecular formula is C15H18N2O2S. The van der Waals surface area contributed by atoms with Crippen molar-refractivity contribution in [2.24, 2.45) is 5.41 Å². The number of hydrogen-bond acceptors (Lipinski definition) is 4. The fraction of sp³-hybridized carbons (Fsp3) is 0.467. The van der Waals surface area contributed by atoms with E-state index in [4.69, 9.17) is 0 Å². The van der Waals surface area contributed by atoms with Gasteiger partial charge in [-0.2, -0.15) is 0 Å². The normalized spacial score (nSPS) is 18.0. The summed E-state index contributed by atoms with van der Waals surface area (Å²) >= 11 is 1.67. The van der Waals surface area contributed by atoms with Gasteiger partial charge < -0.3 is 10.4 Å². The maximum Gasteiger partial charge on any atom is 0.311 e. The predicted octanol–water partition coefficient (Wildman–Crippen LogP) is 3.74. The van der Waals surface area contributed by atoms with E-state index in [1.165, 1.54) is 4.70 Å². The van der Waals surface area contributed by atoms with Gasteiger partial charge in [0.2, 0.25) is 0 Å². The van der Waals surface area contributed by atoms with Gasteiger partial charge in [0, 0.05) is 22.8 Å². The molecule has 0 saturated heterocycles. The van der Waals surface area contributed by atoms with Gasteiger partial charge in [-0.05, 0) is 30.4 Å². The quantitative estimate of drug-likeness (QED) is 0.900. The maximum atomic E-state index is 11.7. The monoisotopic (exact) mass is 290 g/mol. The summed E-state index contributed by atoms with van der Waals surface area (Å²) in [6, 6.07) is 4.02. The fourth-order valence-corrected chi connectivity index (χ4v) is 3.77. The highest BCUT2D eigenvalue weighted by atomic mass is 32.1. The van der Waals surface area contributed by atoms with Gasteiger partial charge in [-0.15, -0.1) is 11.3 Å². The van der Waals surface area contributed by atoms with Gasteiger partial charge in [0.1, 0.15) is 5.82 Å². The summed E-state index contributed by atoms with van der Waals surface area (Å²) in [5, 5.41) is 16.0. The third kappa shape index (κ3) is 2.38. The Bertz CT molecular complexity index is 617. The van der Waals surface area contributed by atoms with E-state index >= 15 is 0 Å². The predicted molar refractivity (Wildman–Crippen MR) is 81.3 cm³/mol. The van der Waals surface area contributed by atoms with Gasteiger partial charge in [-0.3, -0.25) is 4.79 Å². The summed E-state index contributed by atoms with van der Waals surface area (Å²) < 4.78 is 1.18. The van der Waals surface area contributed by atoms with Crippen LogP contribution in [0.5, 0.6) is 0 Å². The van der Waals surface area contributed by atoms with Crippen molar-refractivity contribution >= 4 is 33.2 Å². The van der Waals surface area contributed by atoms with E-state index in [2.05, 4.69) is 10.3 Å². The van der Waals surface area contributed by atoms with Crippen molar-refractivity contribution < 1.29 is 9.90 Å². The second kappa shape index (κ2) is 5.40. The number of carbonyl (C=O) groups is 1. The minimum absolute atomic E-state index is 0.463. The minimum atomic E-state index is -0.679. The van der Waals surface area contributed by atoms with Gasteiger partial charge in [0.25, 0.3) is 0 Å². The molecule has 0 spiro atoms. The Hall–Kier alpha value is -1.62. The van der Waals surface area contributed by atoms with Crippen LogP contribution in [0.1, 0.15) is 32.1 Å². The lowest BCUT2D eigenvalue weighted by Crippen LogP contribution is -2.39. The van der Waals surface area contributed by atoms with E-state index in [1.54, 1.807) is 17.5 Å². The molecule has 2 aromatic heterocycles. The van der Waals surface area contributed by atoms with Gasteiger partial charge >= 0.3 is 5.97 Å². The molecule has 1 aliphatic carbocycles. The van der Waals surface area contributed by atoms with Crippen molar-refractivity contribution in [3.8, 4) is 0 Å². The molecular weight excluding hydrogens is 272 g/mol. The molecule has 3 rings (SSSR count). The molecule has 0 aliphatic heterocycles. The molecule has 4 nitrogen and oxygen atoms in total. The van der Waals surface area contributed by atoms with Gasteiger partial charge in [-0.1, -0.05) is 19.3 Å². The van der Waals surface area contributed by atoms with Crippen LogP contribution in [-0.2, 0) is 4.79 Å². The molecule has 106 valence electrons. The molecule has 2 heterocycles. The van der Waals surface area contributed by atoms with E-state index in [9.17, 15) is 9.90 Å². The number of fused-ring (bicyclic) bond motifs is 1. The van der Waals surface area contributed by atoms with Crippen LogP contribution < -0.4 is 5.32 Å². The van der Waals surface area contributed by atoms with Crippen molar-refractivity contribution in [3.05, 3.63) is 23.7 Å². The number of carboxylic acid groups (broad SMARTS) is 1. The van der Waals surface area contributed by atoms with Crippen LogP contribution in [0.3, 0.4) is 0 Å². The van der Waals surface area contributed by atoms with E-state index < -0.39 is 11.4 Å². The van der Waals surface area contributed by atoms with Crippen LogP contribution >= 0.6 is 11.3 Å². The number of nitrogens with one attached hydrogen (secondary N) is 1. The molecule has 0 bridgehead atoms. The van der Waals surface area contributed by atoms with E-state index in [1.807, 2.05) is 17.5 Å². The van der Waals surface area contributed by atoms with Crippen LogP contribution in [0.15, 0.2) is 23.7 Å². The highest BCUT2D eigenvalue weighted by Crippen LogP contribution is 2.37. The Kier molecular flexibility index (Phi) is 3.61. The summed E-state index contributed by atoms with van der Waals surface area (Å²) in [5.41, 5.74) is -0.627. The van der Waals surface area contributed by atoms with Crippen LogP contribution in [-0.4, -0.2) is 22.6 Å². The zero-order chi connectivity index (χ0) is 14.0. The first-order valence-corrected chi connectivity index (χ1v) is 7.89. The summed E-state index contributed by atoms with van der Waals surface area (Å²) in [4.78, 5) is 16.0. The van der Waals surface area contributed by atoms with Crippen LogP contribution in [0.2, 0.25) is 0 Å². The molecule has 2 aromatic rings. The Morgan fingerprint density at radius 3 is 2.90 bits per heavy atom. The zero-order valence-electron chi connectivity index (χ0n) is 11.3. The lowest BCUT2D eigenvalue weighted by Gasteiger charge is -2.33. The number of carboxylic acids is 1. The summed E-state index contributed by atoms with van der Waals surface area (Å²) in [7, 11) is 0.